The van der Waals surface area contributed by atoms with Crippen LogP contribution in [0.25, 0.3) is 0 Å². The molecule has 1 aliphatic rings. The second kappa shape index (κ2) is 8.54. The van der Waals surface area contributed by atoms with Gasteiger partial charge in [0.15, 0.2) is 0 Å². The third-order valence-electron chi connectivity index (χ3n) is 3.40. The van der Waals surface area contributed by atoms with E-state index in [0.717, 1.165) is 44.1 Å². The number of carbonyl (C=O) groups is 1. The Kier molecular flexibility index (Phi) is 6.37. The van der Waals surface area contributed by atoms with Crippen LogP contribution in [0.3, 0.4) is 0 Å². The third kappa shape index (κ3) is 5.28. The normalized spacial score (nSPS) is 16.7. The molecule has 0 spiro atoms. The van der Waals surface area contributed by atoms with Crippen molar-refractivity contribution in [3.8, 4) is 0 Å². The Morgan fingerprint density at radius 1 is 1.29 bits per heavy atom. The van der Waals surface area contributed by atoms with Crippen molar-refractivity contribution in [3.05, 3.63) is 35.9 Å². The summed E-state index contributed by atoms with van der Waals surface area (Å²) < 4.78 is 10.5. The van der Waals surface area contributed by atoms with Gasteiger partial charge in [0.2, 0.25) is 0 Å². The molecule has 0 unspecified atom stereocenters. The fourth-order valence-electron chi connectivity index (χ4n) is 2.21. The molecule has 1 aromatic rings. The molecule has 0 saturated carbocycles. The van der Waals surface area contributed by atoms with Crippen molar-refractivity contribution >= 4 is 11.8 Å². The van der Waals surface area contributed by atoms with E-state index in [1.807, 2.05) is 37.3 Å². The molecule has 1 amide bonds. The Morgan fingerprint density at radius 3 is 2.67 bits per heavy atom. The molecule has 1 aliphatic heterocycles. The summed E-state index contributed by atoms with van der Waals surface area (Å²) in [6.45, 7) is 6.37. The van der Waals surface area contributed by atoms with Crippen molar-refractivity contribution in [1.29, 1.82) is 0 Å². The summed E-state index contributed by atoms with van der Waals surface area (Å²) in [4.78, 5) is 18.1. The maximum atomic E-state index is 11.8. The number of hydrogen-bond donors (Lipinski definition) is 0. The zero-order chi connectivity index (χ0) is 14.9. The Bertz CT molecular complexity index is 468. The minimum Gasteiger partial charge on any atom is -0.447 e. The lowest BCUT2D eigenvalue weighted by Crippen LogP contribution is -2.38. The number of amides is 1. The lowest BCUT2D eigenvalue weighted by atomic mass is 10.1. The number of hydrogen-bond acceptors (Lipinski definition) is 4. The Hall–Kier alpha value is -1.72. The first kappa shape index (κ1) is 15.7. The van der Waals surface area contributed by atoms with E-state index in [4.69, 9.17) is 9.47 Å². The highest BCUT2D eigenvalue weighted by atomic mass is 16.5. The van der Waals surface area contributed by atoms with E-state index in [2.05, 4.69) is 9.89 Å². The fraction of sp³-hybridized carbons (Fsp3) is 0.500. The number of rotatable bonds is 5. The van der Waals surface area contributed by atoms with Crippen LogP contribution in [0.5, 0.6) is 0 Å². The van der Waals surface area contributed by atoms with Gasteiger partial charge in [-0.25, -0.2) is 4.79 Å². The minimum atomic E-state index is -0.510. The van der Waals surface area contributed by atoms with Gasteiger partial charge in [-0.1, -0.05) is 37.3 Å². The SMILES string of the molecule is CCC(=NC(=O)OCCN1CCOCC1)c1ccccc1. The topological polar surface area (TPSA) is 51.1 Å². The number of aliphatic imine (C=N–C) groups is 1. The molecule has 1 fully saturated rings. The van der Waals surface area contributed by atoms with Crippen LogP contribution in [0.15, 0.2) is 35.3 Å². The minimum absolute atomic E-state index is 0.369. The molecular weight excluding hydrogens is 268 g/mol. The standard InChI is InChI=1S/C16H22N2O3/c1-2-15(14-6-4-3-5-7-14)17-16(19)21-13-10-18-8-11-20-12-9-18/h3-7H,2,8-13H2,1H3. The number of ether oxygens (including phenoxy) is 2. The Balaban J connectivity index is 1.80. The summed E-state index contributed by atoms with van der Waals surface area (Å²) in [5, 5.41) is 0. The molecule has 5 heteroatoms. The first-order chi connectivity index (χ1) is 10.3. The second-order valence-electron chi connectivity index (χ2n) is 4.85. The van der Waals surface area contributed by atoms with Crippen LogP contribution in [-0.2, 0) is 9.47 Å². The maximum absolute atomic E-state index is 11.8. The molecule has 114 valence electrons. The fourth-order valence-corrected chi connectivity index (χ4v) is 2.21. The van der Waals surface area contributed by atoms with Crippen LogP contribution in [0.4, 0.5) is 4.79 Å². The van der Waals surface area contributed by atoms with Gasteiger partial charge in [-0.05, 0) is 12.0 Å². The summed E-state index contributed by atoms with van der Waals surface area (Å²) in [5.74, 6) is 0. The predicted molar refractivity (Wildman–Crippen MR) is 81.9 cm³/mol. The molecule has 5 nitrogen and oxygen atoms in total. The van der Waals surface area contributed by atoms with Crippen molar-refractivity contribution < 1.29 is 14.3 Å². The van der Waals surface area contributed by atoms with Gasteiger partial charge >= 0.3 is 6.09 Å². The average Bonchev–Trinajstić information content (AvgIpc) is 2.54. The summed E-state index contributed by atoms with van der Waals surface area (Å²) in [6.07, 6.45) is 0.187. The molecule has 0 radical (unpaired) electrons. The van der Waals surface area contributed by atoms with Crippen molar-refractivity contribution in [2.24, 2.45) is 4.99 Å². The van der Waals surface area contributed by atoms with E-state index in [9.17, 15) is 4.79 Å². The highest BCUT2D eigenvalue weighted by molar-refractivity contribution is 6.05. The molecule has 21 heavy (non-hydrogen) atoms. The summed E-state index contributed by atoms with van der Waals surface area (Å²) in [6, 6.07) is 9.71. The van der Waals surface area contributed by atoms with E-state index in [1.165, 1.54) is 0 Å². The highest BCUT2D eigenvalue weighted by Gasteiger charge is 2.11. The van der Waals surface area contributed by atoms with Crippen LogP contribution in [0.1, 0.15) is 18.9 Å². The number of carbonyl (C=O) groups excluding carboxylic acids is 1. The monoisotopic (exact) mass is 290 g/mol. The predicted octanol–water partition coefficient (Wildman–Crippen LogP) is 2.35. The number of nitrogens with zero attached hydrogens (tertiary/aromatic N) is 2. The largest absolute Gasteiger partial charge is 0.447 e. The summed E-state index contributed by atoms with van der Waals surface area (Å²) in [5.41, 5.74) is 1.72. The molecule has 0 aromatic heterocycles. The van der Waals surface area contributed by atoms with Gasteiger partial charge in [-0.2, -0.15) is 4.99 Å². The highest BCUT2D eigenvalue weighted by Crippen LogP contribution is 2.05. The van der Waals surface area contributed by atoms with Gasteiger partial charge in [-0.3, -0.25) is 4.90 Å². The third-order valence-corrected chi connectivity index (χ3v) is 3.40. The van der Waals surface area contributed by atoms with Gasteiger partial charge in [0.05, 0.1) is 18.9 Å². The first-order valence-corrected chi connectivity index (χ1v) is 7.39. The van der Waals surface area contributed by atoms with Crippen molar-refractivity contribution in [3.63, 3.8) is 0 Å². The van der Waals surface area contributed by atoms with Crippen LogP contribution in [0, 0.1) is 0 Å². The van der Waals surface area contributed by atoms with Crippen molar-refractivity contribution in [2.75, 3.05) is 39.5 Å². The quantitative estimate of drug-likeness (QED) is 0.781. The molecule has 0 aliphatic carbocycles. The Labute approximate surface area is 125 Å². The van der Waals surface area contributed by atoms with Crippen LogP contribution in [-0.4, -0.2) is 56.2 Å². The second-order valence-corrected chi connectivity index (χ2v) is 4.85. The number of benzene rings is 1. The zero-order valence-corrected chi connectivity index (χ0v) is 12.5. The van der Waals surface area contributed by atoms with Gasteiger partial charge in [-0.15, -0.1) is 0 Å². The smallest absolute Gasteiger partial charge is 0.433 e. The van der Waals surface area contributed by atoms with E-state index in [1.54, 1.807) is 0 Å². The van der Waals surface area contributed by atoms with E-state index in [0.29, 0.717) is 13.0 Å². The molecule has 1 aromatic carbocycles. The first-order valence-electron chi connectivity index (χ1n) is 7.39. The summed E-state index contributed by atoms with van der Waals surface area (Å²) >= 11 is 0. The molecular formula is C16H22N2O3. The zero-order valence-electron chi connectivity index (χ0n) is 12.5. The van der Waals surface area contributed by atoms with Crippen molar-refractivity contribution in [2.45, 2.75) is 13.3 Å². The van der Waals surface area contributed by atoms with E-state index >= 15 is 0 Å². The molecule has 2 rings (SSSR count). The molecule has 0 bridgehead atoms. The molecule has 0 N–H and O–H groups in total. The van der Waals surface area contributed by atoms with E-state index in [-0.39, 0.29) is 0 Å². The van der Waals surface area contributed by atoms with E-state index < -0.39 is 6.09 Å². The average molecular weight is 290 g/mol. The lowest BCUT2D eigenvalue weighted by Gasteiger charge is -2.25. The van der Waals surface area contributed by atoms with Crippen LogP contribution < -0.4 is 0 Å². The maximum Gasteiger partial charge on any atom is 0.433 e. The molecule has 1 heterocycles. The number of morpholine rings is 1. The molecule has 1 saturated heterocycles. The lowest BCUT2D eigenvalue weighted by molar-refractivity contribution is 0.0288. The molecule has 0 atom stereocenters. The van der Waals surface area contributed by atoms with Crippen LogP contribution >= 0.6 is 0 Å². The van der Waals surface area contributed by atoms with Crippen LogP contribution in [0.2, 0.25) is 0 Å². The van der Waals surface area contributed by atoms with Gasteiger partial charge in [0.25, 0.3) is 0 Å². The summed E-state index contributed by atoms with van der Waals surface area (Å²) in [7, 11) is 0. The Morgan fingerprint density at radius 2 is 2.00 bits per heavy atom. The van der Waals surface area contributed by atoms with Crippen molar-refractivity contribution in [1.82, 2.24) is 4.90 Å². The van der Waals surface area contributed by atoms with Gasteiger partial charge < -0.3 is 9.47 Å². The van der Waals surface area contributed by atoms with Gasteiger partial charge in [0, 0.05) is 19.6 Å². The van der Waals surface area contributed by atoms with Gasteiger partial charge in [0.1, 0.15) is 6.61 Å².